The van der Waals surface area contributed by atoms with Crippen LogP contribution in [-0.2, 0) is 16.1 Å². The van der Waals surface area contributed by atoms with Crippen molar-refractivity contribution in [2.75, 3.05) is 0 Å². The lowest BCUT2D eigenvalue weighted by Gasteiger charge is -2.29. The van der Waals surface area contributed by atoms with Crippen LogP contribution in [0, 0.1) is 5.82 Å². The second-order valence-electron chi connectivity index (χ2n) is 9.19. The van der Waals surface area contributed by atoms with Gasteiger partial charge in [0.15, 0.2) is 0 Å². The summed E-state index contributed by atoms with van der Waals surface area (Å²) in [5.41, 5.74) is 3.78. The van der Waals surface area contributed by atoms with Crippen LogP contribution in [0.3, 0.4) is 0 Å². The molecule has 0 aliphatic carbocycles. The molecular weight excluding hydrogens is 477 g/mol. The van der Waals surface area contributed by atoms with Crippen LogP contribution in [-0.4, -0.2) is 53.4 Å². The van der Waals surface area contributed by atoms with Gasteiger partial charge in [0.25, 0.3) is 5.91 Å². The van der Waals surface area contributed by atoms with Crippen LogP contribution in [0.4, 0.5) is 4.39 Å². The first kappa shape index (κ1) is 22.8. The number of halogens is 1. The molecular formula is C26H22FN7O3. The van der Waals surface area contributed by atoms with Gasteiger partial charge in [-0.2, -0.15) is 5.10 Å². The first-order chi connectivity index (χ1) is 17.9. The van der Waals surface area contributed by atoms with Crippen LogP contribution < -0.4 is 5.32 Å². The first-order valence-corrected chi connectivity index (χ1v) is 11.9. The van der Waals surface area contributed by atoms with Crippen LogP contribution in [0.25, 0.3) is 16.9 Å². The molecule has 0 saturated carbocycles. The maximum absolute atomic E-state index is 14.7. The number of fused-ring (bicyclic) bond motifs is 1. The number of rotatable bonds is 5. The van der Waals surface area contributed by atoms with Gasteiger partial charge in [-0.15, -0.1) is 5.10 Å². The lowest BCUT2D eigenvalue weighted by atomic mass is 10.0. The largest absolute Gasteiger partial charge is 0.322 e. The minimum Gasteiger partial charge on any atom is -0.322 e. The molecule has 4 aromatic rings. The molecule has 3 amide bonds. The summed E-state index contributed by atoms with van der Waals surface area (Å²) in [6, 6.07) is 11.2. The van der Waals surface area contributed by atoms with Gasteiger partial charge in [-0.3, -0.25) is 19.7 Å². The van der Waals surface area contributed by atoms with Crippen molar-refractivity contribution in [2.24, 2.45) is 0 Å². The van der Waals surface area contributed by atoms with E-state index in [1.54, 1.807) is 47.5 Å². The van der Waals surface area contributed by atoms with Crippen molar-refractivity contribution in [3.63, 3.8) is 0 Å². The van der Waals surface area contributed by atoms with Crippen LogP contribution in [0.5, 0.6) is 0 Å². The molecule has 186 valence electrons. The Labute approximate surface area is 210 Å². The molecule has 4 heterocycles. The standard InChI is InChI=1S/C26H22FN7O3/c1-15(16-4-6-22(20(27)12-16)33-10-2-9-28-33)34-14-21(30-31-34)17-3-5-19-18(11-17)13-32(26(19)37)23-7-8-24(35)29-25(23)36/h2-6,9-12,14-15,23H,7-8,13H2,1H3,(H,29,35,36)/t15-,23?/m1/s1. The summed E-state index contributed by atoms with van der Waals surface area (Å²) in [5.74, 6) is -1.38. The van der Waals surface area contributed by atoms with Crippen molar-refractivity contribution >= 4 is 17.7 Å². The molecule has 1 unspecified atom stereocenters. The smallest absolute Gasteiger partial charge is 0.255 e. The minimum atomic E-state index is -0.664. The Morgan fingerprint density at radius 2 is 2.00 bits per heavy atom. The molecule has 2 aliphatic rings. The van der Waals surface area contributed by atoms with Gasteiger partial charge >= 0.3 is 0 Å². The van der Waals surface area contributed by atoms with E-state index in [2.05, 4.69) is 20.7 Å². The van der Waals surface area contributed by atoms with Crippen molar-refractivity contribution < 1.29 is 18.8 Å². The molecule has 1 N–H and O–H groups in total. The van der Waals surface area contributed by atoms with E-state index < -0.39 is 17.8 Å². The first-order valence-electron chi connectivity index (χ1n) is 11.9. The number of hydrogen-bond acceptors (Lipinski definition) is 6. The fraction of sp³-hybridized carbons (Fsp3) is 0.231. The van der Waals surface area contributed by atoms with E-state index in [1.807, 2.05) is 19.1 Å². The summed E-state index contributed by atoms with van der Waals surface area (Å²) in [4.78, 5) is 38.2. The minimum absolute atomic E-state index is 0.207. The number of piperidine rings is 1. The molecule has 10 nitrogen and oxygen atoms in total. The van der Waals surface area contributed by atoms with Crippen molar-refractivity contribution in [3.05, 3.63) is 83.6 Å². The summed E-state index contributed by atoms with van der Waals surface area (Å²) >= 11 is 0. The number of carbonyl (C=O) groups excluding carboxylic acids is 3. The molecule has 2 aromatic heterocycles. The lowest BCUT2D eigenvalue weighted by Crippen LogP contribution is -2.52. The summed E-state index contributed by atoms with van der Waals surface area (Å²) < 4.78 is 17.9. The van der Waals surface area contributed by atoms with E-state index in [0.29, 0.717) is 23.4 Å². The van der Waals surface area contributed by atoms with E-state index >= 15 is 0 Å². The van der Waals surface area contributed by atoms with Gasteiger partial charge < -0.3 is 4.90 Å². The number of amides is 3. The molecule has 1 fully saturated rings. The average molecular weight is 500 g/mol. The van der Waals surface area contributed by atoms with E-state index in [9.17, 15) is 18.8 Å². The highest BCUT2D eigenvalue weighted by molar-refractivity contribution is 6.05. The number of nitrogens with one attached hydrogen (secondary N) is 1. The Bertz CT molecular complexity index is 1550. The fourth-order valence-corrected chi connectivity index (χ4v) is 4.86. The molecule has 6 rings (SSSR count). The zero-order chi connectivity index (χ0) is 25.7. The topological polar surface area (TPSA) is 115 Å². The molecule has 0 spiro atoms. The zero-order valence-electron chi connectivity index (χ0n) is 19.8. The SMILES string of the molecule is C[C@H](c1ccc(-n2cccn2)c(F)c1)n1cc(-c2ccc3c(c2)CN(C2CCC(=O)NC2=O)C3=O)nn1. The maximum atomic E-state index is 14.7. The highest BCUT2D eigenvalue weighted by Gasteiger charge is 2.39. The third kappa shape index (κ3) is 3.98. The quantitative estimate of drug-likeness (QED) is 0.422. The van der Waals surface area contributed by atoms with Gasteiger partial charge in [-0.25, -0.2) is 13.8 Å². The number of nitrogens with zero attached hydrogens (tertiary/aromatic N) is 6. The number of benzene rings is 2. The van der Waals surface area contributed by atoms with Gasteiger partial charge in [-0.1, -0.05) is 17.3 Å². The molecule has 37 heavy (non-hydrogen) atoms. The van der Waals surface area contributed by atoms with Crippen LogP contribution in [0.15, 0.2) is 61.1 Å². The van der Waals surface area contributed by atoms with Crippen molar-refractivity contribution in [3.8, 4) is 16.9 Å². The molecule has 2 aromatic carbocycles. The molecule has 0 radical (unpaired) electrons. The number of hydrogen-bond donors (Lipinski definition) is 1. The van der Waals surface area contributed by atoms with Crippen molar-refractivity contribution in [2.45, 2.75) is 38.4 Å². The highest BCUT2D eigenvalue weighted by Crippen LogP contribution is 2.31. The Morgan fingerprint density at radius 3 is 2.76 bits per heavy atom. The monoisotopic (exact) mass is 499 g/mol. The second-order valence-corrected chi connectivity index (χ2v) is 9.19. The summed E-state index contributed by atoms with van der Waals surface area (Å²) in [6.07, 6.45) is 5.57. The number of carbonyl (C=O) groups is 3. The number of imide groups is 1. The Morgan fingerprint density at radius 1 is 1.14 bits per heavy atom. The molecule has 2 aliphatic heterocycles. The Balaban J connectivity index is 1.22. The van der Waals surface area contributed by atoms with Crippen LogP contribution >= 0.6 is 0 Å². The fourth-order valence-electron chi connectivity index (χ4n) is 4.86. The third-order valence-corrected chi connectivity index (χ3v) is 6.93. The zero-order valence-corrected chi connectivity index (χ0v) is 19.8. The van der Waals surface area contributed by atoms with Gasteiger partial charge in [0.2, 0.25) is 11.8 Å². The molecule has 0 bridgehead atoms. The Hall–Kier alpha value is -4.67. The maximum Gasteiger partial charge on any atom is 0.255 e. The predicted molar refractivity (Wildman–Crippen MR) is 129 cm³/mol. The number of aromatic nitrogens is 5. The van der Waals surface area contributed by atoms with E-state index in [0.717, 1.165) is 16.7 Å². The van der Waals surface area contributed by atoms with Gasteiger partial charge in [0.1, 0.15) is 23.2 Å². The summed E-state index contributed by atoms with van der Waals surface area (Å²) in [5, 5.41) is 14.9. The molecule has 2 atom stereocenters. The van der Waals surface area contributed by atoms with Crippen LogP contribution in [0.2, 0.25) is 0 Å². The van der Waals surface area contributed by atoms with Gasteiger partial charge in [0.05, 0.1) is 12.2 Å². The third-order valence-electron chi connectivity index (χ3n) is 6.93. The van der Waals surface area contributed by atoms with E-state index in [1.165, 1.54) is 15.6 Å². The molecule has 11 heteroatoms. The van der Waals surface area contributed by atoms with Crippen molar-refractivity contribution in [1.82, 2.24) is 35.0 Å². The van der Waals surface area contributed by atoms with Crippen molar-refractivity contribution in [1.29, 1.82) is 0 Å². The van der Waals surface area contributed by atoms with Gasteiger partial charge in [-0.05, 0) is 54.8 Å². The van der Waals surface area contributed by atoms with E-state index in [4.69, 9.17) is 0 Å². The summed E-state index contributed by atoms with van der Waals surface area (Å²) in [6.45, 7) is 2.18. The Kier molecular flexibility index (Phi) is 5.40. The lowest BCUT2D eigenvalue weighted by molar-refractivity contribution is -0.136. The normalized spacial score (nSPS) is 18.2. The summed E-state index contributed by atoms with van der Waals surface area (Å²) in [7, 11) is 0. The van der Waals surface area contributed by atoms with Crippen LogP contribution in [0.1, 0.15) is 47.3 Å². The van der Waals surface area contributed by atoms with E-state index in [-0.39, 0.29) is 30.8 Å². The highest BCUT2D eigenvalue weighted by atomic mass is 19.1. The molecule has 1 saturated heterocycles. The average Bonchev–Trinajstić information content (AvgIpc) is 3.65. The second kappa shape index (κ2) is 8.77. The van der Waals surface area contributed by atoms with Gasteiger partial charge in [0, 0.05) is 36.5 Å². The predicted octanol–water partition coefficient (Wildman–Crippen LogP) is 2.64.